The first-order valence-corrected chi connectivity index (χ1v) is 11.4. The van der Waals surface area contributed by atoms with Crippen LogP contribution in [-0.4, -0.2) is 32.2 Å². The lowest BCUT2D eigenvalue weighted by Gasteiger charge is -2.29. The summed E-state index contributed by atoms with van der Waals surface area (Å²) in [5, 5.41) is 4.18. The molecule has 0 saturated heterocycles. The number of nitrogens with one attached hydrogen (secondary N) is 1. The highest BCUT2D eigenvalue weighted by molar-refractivity contribution is 7.99. The molecule has 1 N–H and O–H groups in total. The Labute approximate surface area is 180 Å². The summed E-state index contributed by atoms with van der Waals surface area (Å²) in [5.74, 6) is 1.20. The monoisotopic (exact) mass is 422 g/mol. The van der Waals surface area contributed by atoms with Crippen LogP contribution >= 0.6 is 11.8 Å². The third kappa shape index (κ3) is 4.41. The fourth-order valence-corrected chi connectivity index (χ4v) is 4.77. The van der Waals surface area contributed by atoms with Gasteiger partial charge in [0.25, 0.3) is 5.56 Å². The summed E-state index contributed by atoms with van der Waals surface area (Å²) >= 11 is 1.27. The summed E-state index contributed by atoms with van der Waals surface area (Å²) in [5.41, 5.74) is 1.44. The largest absolute Gasteiger partial charge is 0.352 e. The van der Waals surface area contributed by atoms with Gasteiger partial charge in [0.1, 0.15) is 5.82 Å². The molecule has 156 valence electrons. The lowest BCUT2D eigenvalue weighted by Crippen LogP contribution is -2.41. The molecule has 2 heterocycles. The summed E-state index contributed by atoms with van der Waals surface area (Å²) < 4.78 is 1.51. The van der Waals surface area contributed by atoms with E-state index >= 15 is 0 Å². The van der Waals surface area contributed by atoms with Gasteiger partial charge < -0.3 is 5.32 Å². The van der Waals surface area contributed by atoms with Crippen molar-refractivity contribution in [3.8, 4) is 5.82 Å². The first-order chi connectivity index (χ1) is 14.5. The van der Waals surface area contributed by atoms with Crippen molar-refractivity contribution in [2.75, 3.05) is 5.75 Å². The number of nitrogens with zero attached hydrogens (tertiary/aromatic N) is 3. The Kier molecular flexibility index (Phi) is 6.18. The molecule has 2 unspecified atom stereocenters. The third-order valence-electron chi connectivity index (χ3n) is 5.67. The maximum atomic E-state index is 13.2. The molecule has 6 nitrogen and oxygen atoms in total. The molecular weight excluding hydrogens is 396 g/mol. The van der Waals surface area contributed by atoms with Crippen LogP contribution in [0.15, 0.2) is 52.5 Å². The molecule has 2 aromatic heterocycles. The van der Waals surface area contributed by atoms with Gasteiger partial charge in [0.15, 0.2) is 5.16 Å². The number of hydrogen-bond acceptors (Lipinski definition) is 5. The second-order valence-corrected chi connectivity index (χ2v) is 8.91. The van der Waals surface area contributed by atoms with E-state index in [-0.39, 0.29) is 23.3 Å². The Bertz CT molecular complexity index is 1130. The number of rotatable bonds is 5. The number of carbonyl (C=O) groups is 1. The van der Waals surface area contributed by atoms with Gasteiger partial charge in [-0.2, -0.15) is 0 Å². The van der Waals surface area contributed by atoms with Crippen molar-refractivity contribution < 1.29 is 4.79 Å². The third-order valence-corrected chi connectivity index (χ3v) is 6.60. The van der Waals surface area contributed by atoms with Crippen LogP contribution in [-0.2, 0) is 4.79 Å². The molecule has 1 aliphatic rings. The number of para-hydroxylation sites is 1. The minimum Gasteiger partial charge on any atom is -0.352 e. The minimum absolute atomic E-state index is 0.0232. The van der Waals surface area contributed by atoms with Crippen LogP contribution in [0.3, 0.4) is 0 Å². The summed E-state index contributed by atoms with van der Waals surface area (Å²) in [7, 11) is 0. The summed E-state index contributed by atoms with van der Waals surface area (Å²) in [6.45, 7) is 4.15. The van der Waals surface area contributed by atoms with Gasteiger partial charge in [0.05, 0.1) is 16.7 Å². The molecule has 1 aromatic carbocycles. The van der Waals surface area contributed by atoms with Crippen LogP contribution in [0.4, 0.5) is 0 Å². The van der Waals surface area contributed by atoms with Crippen molar-refractivity contribution in [1.82, 2.24) is 19.9 Å². The summed E-state index contributed by atoms with van der Waals surface area (Å²) in [6, 6.07) is 11.2. The molecule has 0 aliphatic heterocycles. The second-order valence-electron chi connectivity index (χ2n) is 7.97. The van der Waals surface area contributed by atoms with Gasteiger partial charge in [0, 0.05) is 12.2 Å². The van der Waals surface area contributed by atoms with Crippen molar-refractivity contribution in [2.24, 2.45) is 5.92 Å². The van der Waals surface area contributed by atoms with E-state index in [4.69, 9.17) is 0 Å². The number of benzene rings is 1. The number of thioether (sulfide) groups is 1. The van der Waals surface area contributed by atoms with Crippen molar-refractivity contribution in [1.29, 1.82) is 0 Å². The van der Waals surface area contributed by atoms with Crippen molar-refractivity contribution in [2.45, 2.75) is 50.7 Å². The van der Waals surface area contributed by atoms with Crippen LogP contribution in [0.1, 0.15) is 38.2 Å². The fraction of sp³-hybridized carbons (Fsp3) is 0.391. The molecule has 3 aromatic rings. The topological polar surface area (TPSA) is 76.9 Å². The molecule has 0 radical (unpaired) electrons. The predicted molar refractivity (Wildman–Crippen MR) is 120 cm³/mol. The molecule has 30 heavy (non-hydrogen) atoms. The molecular formula is C23H26N4O2S. The molecule has 0 bridgehead atoms. The Morgan fingerprint density at radius 2 is 2.03 bits per heavy atom. The minimum atomic E-state index is -0.178. The molecule has 1 amide bonds. The lowest BCUT2D eigenvalue weighted by molar-refractivity contribution is -0.119. The standard InChI is InChI=1S/C23H26N4O2S/c1-15-11-12-24-20(13-15)27-22(29)17-8-4-6-10-19(17)26-23(27)30-14-21(28)25-18-9-5-3-7-16(18)2/h4,6,8,10-13,16,18H,3,5,7,9,14H2,1-2H3,(H,25,28). The van der Waals surface area contributed by atoms with E-state index in [1.807, 2.05) is 37.3 Å². The van der Waals surface area contributed by atoms with Crippen LogP contribution in [0.2, 0.25) is 0 Å². The first kappa shape index (κ1) is 20.6. The van der Waals surface area contributed by atoms with Crippen LogP contribution in [0.5, 0.6) is 0 Å². The predicted octanol–water partition coefficient (Wildman–Crippen LogP) is 3.88. The summed E-state index contributed by atoms with van der Waals surface area (Å²) in [6.07, 6.45) is 6.26. The molecule has 1 aliphatic carbocycles. The highest BCUT2D eigenvalue weighted by atomic mass is 32.2. The van der Waals surface area contributed by atoms with Crippen molar-refractivity contribution >= 4 is 28.6 Å². The van der Waals surface area contributed by atoms with E-state index < -0.39 is 0 Å². The maximum Gasteiger partial charge on any atom is 0.267 e. The number of pyridine rings is 1. The SMILES string of the molecule is Cc1ccnc(-n2c(SCC(=O)NC3CCCCC3C)nc3ccccc3c2=O)c1. The highest BCUT2D eigenvalue weighted by Crippen LogP contribution is 2.25. The number of hydrogen-bond donors (Lipinski definition) is 1. The van der Waals surface area contributed by atoms with E-state index in [9.17, 15) is 9.59 Å². The van der Waals surface area contributed by atoms with Gasteiger partial charge in [-0.05, 0) is 55.5 Å². The number of amides is 1. The number of aromatic nitrogens is 3. The quantitative estimate of drug-likeness (QED) is 0.499. The van der Waals surface area contributed by atoms with Crippen LogP contribution < -0.4 is 10.9 Å². The van der Waals surface area contributed by atoms with Gasteiger partial charge in [-0.15, -0.1) is 0 Å². The van der Waals surface area contributed by atoms with Crippen LogP contribution in [0.25, 0.3) is 16.7 Å². The van der Waals surface area contributed by atoms with Crippen molar-refractivity contribution in [3.63, 3.8) is 0 Å². The fourth-order valence-electron chi connectivity index (χ4n) is 3.96. The van der Waals surface area contributed by atoms with E-state index in [1.165, 1.54) is 22.7 Å². The zero-order valence-electron chi connectivity index (χ0n) is 17.3. The van der Waals surface area contributed by atoms with E-state index in [0.717, 1.165) is 24.8 Å². The first-order valence-electron chi connectivity index (χ1n) is 10.4. The average Bonchev–Trinajstić information content (AvgIpc) is 2.74. The zero-order valence-corrected chi connectivity index (χ0v) is 18.1. The van der Waals surface area contributed by atoms with E-state index in [0.29, 0.717) is 27.8 Å². The van der Waals surface area contributed by atoms with Gasteiger partial charge in [-0.1, -0.05) is 43.7 Å². The number of fused-ring (bicyclic) bond motifs is 1. The Morgan fingerprint density at radius 3 is 2.83 bits per heavy atom. The smallest absolute Gasteiger partial charge is 0.267 e. The highest BCUT2D eigenvalue weighted by Gasteiger charge is 2.23. The molecule has 0 spiro atoms. The van der Waals surface area contributed by atoms with Crippen molar-refractivity contribution in [3.05, 3.63) is 58.5 Å². The zero-order chi connectivity index (χ0) is 21.1. The van der Waals surface area contributed by atoms with Gasteiger partial charge in [-0.25, -0.2) is 14.5 Å². The lowest BCUT2D eigenvalue weighted by atomic mass is 9.86. The summed E-state index contributed by atoms with van der Waals surface area (Å²) in [4.78, 5) is 34.9. The van der Waals surface area contributed by atoms with Gasteiger partial charge >= 0.3 is 0 Å². The van der Waals surface area contributed by atoms with Gasteiger partial charge in [0.2, 0.25) is 5.91 Å². The Hall–Kier alpha value is -2.67. The second kappa shape index (κ2) is 9.00. The van der Waals surface area contributed by atoms with Crippen LogP contribution in [0, 0.1) is 12.8 Å². The molecule has 2 atom stereocenters. The molecule has 1 fully saturated rings. The van der Waals surface area contributed by atoms with E-state index in [1.54, 1.807) is 12.3 Å². The average molecular weight is 423 g/mol. The molecule has 7 heteroatoms. The Balaban J connectivity index is 1.63. The number of aryl methyl sites for hydroxylation is 1. The maximum absolute atomic E-state index is 13.2. The van der Waals surface area contributed by atoms with E-state index in [2.05, 4.69) is 22.2 Å². The normalized spacial score (nSPS) is 19.0. The molecule has 1 saturated carbocycles. The van der Waals surface area contributed by atoms with Gasteiger partial charge in [-0.3, -0.25) is 9.59 Å². The number of carbonyl (C=O) groups excluding carboxylic acids is 1. The Morgan fingerprint density at radius 1 is 1.23 bits per heavy atom. The molecule has 4 rings (SSSR count).